The highest BCUT2D eigenvalue weighted by molar-refractivity contribution is 7.99. The first-order chi connectivity index (χ1) is 11.6. The second-order valence-electron chi connectivity index (χ2n) is 4.87. The molecule has 2 aromatic rings. The molecule has 0 spiro atoms. The molecule has 1 amide bonds. The number of carbonyl (C=O) groups excluding carboxylic acids is 1. The van der Waals surface area contributed by atoms with E-state index < -0.39 is 0 Å². The third kappa shape index (κ3) is 6.59. The van der Waals surface area contributed by atoms with Crippen molar-refractivity contribution in [3.8, 4) is 0 Å². The molecule has 0 aliphatic heterocycles. The van der Waals surface area contributed by atoms with Crippen molar-refractivity contribution in [2.45, 2.75) is 24.4 Å². The highest BCUT2D eigenvalue weighted by Gasteiger charge is 2.07. The number of nitrogens with one attached hydrogen (secondary N) is 2. The van der Waals surface area contributed by atoms with Gasteiger partial charge in [-0.1, -0.05) is 42.4 Å². The summed E-state index contributed by atoms with van der Waals surface area (Å²) >= 11 is 8.74. The molecule has 0 radical (unpaired) electrons. The van der Waals surface area contributed by atoms with Crippen LogP contribution < -0.4 is 10.9 Å². The van der Waals surface area contributed by atoms with Crippen LogP contribution in [0.25, 0.3) is 0 Å². The number of aromatic nitrogens is 2. The Hall–Kier alpha value is -1.44. The van der Waals surface area contributed by atoms with E-state index >= 15 is 0 Å². The highest BCUT2D eigenvalue weighted by atomic mass is 35.5. The number of aromatic amines is 1. The van der Waals surface area contributed by atoms with Crippen LogP contribution in [0.15, 0.2) is 40.3 Å². The molecule has 24 heavy (non-hydrogen) atoms. The maximum Gasteiger partial charge on any atom is 0.251 e. The molecule has 1 heterocycles. The van der Waals surface area contributed by atoms with Crippen LogP contribution in [0.3, 0.4) is 0 Å². The van der Waals surface area contributed by atoms with Crippen LogP contribution in [-0.2, 0) is 17.1 Å². The largest absolute Gasteiger partial charge is 0.351 e. The summed E-state index contributed by atoms with van der Waals surface area (Å²) in [5.41, 5.74) is 1.51. The van der Waals surface area contributed by atoms with Gasteiger partial charge in [0.15, 0.2) is 5.16 Å². The summed E-state index contributed by atoms with van der Waals surface area (Å²) in [7, 11) is 0. The van der Waals surface area contributed by atoms with Gasteiger partial charge in [0, 0.05) is 23.4 Å². The summed E-state index contributed by atoms with van der Waals surface area (Å²) in [6.45, 7) is 2.49. The quantitative estimate of drug-likeness (QED) is 0.541. The topological polar surface area (TPSA) is 74.8 Å². The summed E-state index contributed by atoms with van der Waals surface area (Å²) in [6.07, 6.45) is 0. The zero-order valence-electron chi connectivity index (χ0n) is 13.2. The van der Waals surface area contributed by atoms with Crippen LogP contribution in [0.1, 0.15) is 18.2 Å². The Bertz CT molecular complexity index is 735. The molecule has 0 saturated carbocycles. The van der Waals surface area contributed by atoms with Crippen molar-refractivity contribution < 1.29 is 4.79 Å². The zero-order chi connectivity index (χ0) is 17.4. The number of H-pyrrole nitrogens is 1. The van der Waals surface area contributed by atoms with Crippen molar-refractivity contribution in [1.29, 1.82) is 0 Å². The number of thioether (sulfide) groups is 2. The van der Waals surface area contributed by atoms with Crippen LogP contribution in [0.5, 0.6) is 0 Å². The average molecular weight is 384 g/mol. The van der Waals surface area contributed by atoms with E-state index in [4.69, 9.17) is 11.6 Å². The van der Waals surface area contributed by atoms with E-state index in [9.17, 15) is 9.59 Å². The number of benzene rings is 1. The Morgan fingerprint density at radius 2 is 2.08 bits per heavy atom. The Balaban J connectivity index is 1.83. The van der Waals surface area contributed by atoms with Gasteiger partial charge in [0.2, 0.25) is 5.91 Å². The lowest BCUT2D eigenvalue weighted by Gasteiger charge is -2.06. The van der Waals surface area contributed by atoms with Crippen LogP contribution in [-0.4, -0.2) is 27.4 Å². The van der Waals surface area contributed by atoms with Crippen molar-refractivity contribution in [2.24, 2.45) is 0 Å². The molecular formula is C16H18ClN3O2S2. The first kappa shape index (κ1) is 18.9. The molecule has 1 aromatic heterocycles. The third-order valence-electron chi connectivity index (χ3n) is 2.97. The van der Waals surface area contributed by atoms with Gasteiger partial charge < -0.3 is 10.3 Å². The second kappa shape index (κ2) is 9.76. The van der Waals surface area contributed by atoms with E-state index in [2.05, 4.69) is 22.2 Å². The fourth-order valence-electron chi connectivity index (χ4n) is 1.82. The lowest BCUT2D eigenvalue weighted by atomic mass is 10.2. The Morgan fingerprint density at radius 3 is 2.79 bits per heavy atom. The summed E-state index contributed by atoms with van der Waals surface area (Å²) in [5, 5.41) is 3.96. The fourth-order valence-corrected chi connectivity index (χ4v) is 3.23. The van der Waals surface area contributed by atoms with Gasteiger partial charge in [0.25, 0.3) is 5.56 Å². The lowest BCUT2D eigenvalue weighted by Crippen LogP contribution is -2.24. The van der Waals surface area contributed by atoms with E-state index in [1.54, 1.807) is 23.9 Å². The summed E-state index contributed by atoms with van der Waals surface area (Å²) in [6, 6.07) is 8.79. The van der Waals surface area contributed by atoms with Crippen LogP contribution in [0.4, 0.5) is 0 Å². The molecule has 128 valence electrons. The second-order valence-corrected chi connectivity index (χ2v) is 7.55. The van der Waals surface area contributed by atoms with Gasteiger partial charge >= 0.3 is 0 Å². The first-order valence-corrected chi connectivity index (χ1v) is 9.90. The SMILES string of the molecule is CCSCc1cc(=O)[nH]c(SCC(=O)NCc2ccc(Cl)cc2)n1. The molecule has 0 atom stereocenters. The number of hydrogen-bond donors (Lipinski definition) is 2. The minimum absolute atomic E-state index is 0.120. The van der Waals surface area contributed by atoms with Gasteiger partial charge in [-0.25, -0.2) is 4.98 Å². The number of hydrogen-bond acceptors (Lipinski definition) is 5. The minimum Gasteiger partial charge on any atom is -0.351 e. The number of carbonyl (C=O) groups is 1. The number of amides is 1. The molecule has 0 aliphatic carbocycles. The van der Waals surface area contributed by atoms with Crippen molar-refractivity contribution >= 4 is 41.0 Å². The molecule has 0 aliphatic rings. The zero-order valence-corrected chi connectivity index (χ0v) is 15.6. The summed E-state index contributed by atoms with van der Waals surface area (Å²) in [4.78, 5) is 30.6. The van der Waals surface area contributed by atoms with Crippen LogP contribution in [0.2, 0.25) is 5.02 Å². The Morgan fingerprint density at radius 1 is 1.33 bits per heavy atom. The molecule has 0 fully saturated rings. The predicted molar refractivity (Wildman–Crippen MR) is 101 cm³/mol. The molecule has 0 unspecified atom stereocenters. The van der Waals surface area contributed by atoms with Crippen LogP contribution >= 0.6 is 35.1 Å². The van der Waals surface area contributed by atoms with Gasteiger partial charge in [-0.05, 0) is 23.4 Å². The van der Waals surface area contributed by atoms with E-state index in [-0.39, 0.29) is 17.2 Å². The van der Waals surface area contributed by atoms with Crippen molar-refractivity contribution in [1.82, 2.24) is 15.3 Å². The molecule has 2 rings (SSSR count). The smallest absolute Gasteiger partial charge is 0.251 e. The van der Waals surface area contributed by atoms with Gasteiger partial charge in [-0.2, -0.15) is 11.8 Å². The van der Waals surface area contributed by atoms with Crippen molar-refractivity contribution in [3.05, 3.63) is 57.0 Å². The minimum atomic E-state index is -0.194. The molecule has 0 bridgehead atoms. The lowest BCUT2D eigenvalue weighted by molar-refractivity contribution is -0.118. The van der Waals surface area contributed by atoms with E-state index in [0.29, 0.717) is 22.5 Å². The molecule has 0 saturated heterocycles. The molecular weight excluding hydrogens is 366 g/mol. The van der Waals surface area contributed by atoms with Crippen molar-refractivity contribution in [3.63, 3.8) is 0 Å². The number of halogens is 1. The van der Waals surface area contributed by atoms with Gasteiger partial charge in [0.05, 0.1) is 11.4 Å². The molecule has 1 aromatic carbocycles. The summed E-state index contributed by atoms with van der Waals surface area (Å²) < 4.78 is 0. The fraction of sp³-hybridized carbons (Fsp3) is 0.312. The van der Waals surface area contributed by atoms with Gasteiger partial charge in [-0.3, -0.25) is 9.59 Å². The maximum atomic E-state index is 11.9. The predicted octanol–water partition coefficient (Wildman–Crippen LogP) is 3.08. The van der Waals surface area contributed by atoms with E-state index in [1.165, 1.54) is 17.8 Å². The Labute approximate surface area is 154 Å². The standard InChI is InChI=1S/C16H18ClN3O2S2/c1-2-23-9-13-7-14(21)20-16(19-13)24-10-15(22)18-8-11-3-5-12(17)6-4-11/h3-7H,2,8-10H2,1H3,(H,18,22)(H,19,20,21). The summed E-state index contributed by atoms with van der Waals surface area (Å²) in [5.74, 6) is 1.73. The average Bonchev–Trinajstić information content (AvgIpc) is 2.57. The molecule has 8 heteroatoms. The van der Waals surface area contributed by atoms with Crippen LogP contribution in [0, 0.1) is 0 Å². The molecule has 5 nitrogen and oxygen atoms in total. The van der Waals surface area contributed by atoms with Gasteiger partial charge in [-0.15, -0.1) is 0 Å². The first-order valence-electron chi connectivity index (χ1n) is 7.38. The number of rotatable bonds is 8. The third-order valence-corrected chi connectivity index (χ3v) is 5.00. The number of nitrogens with zero attached hydrogens (tertiary/aromatic N) is 1. The maximum absolute atomic E-state index is 11.9. The van der Waals surface area contributed by atoms with E-state index in [0.717, 1.165) is 17.0 Å². The Kier molecular flexibility index (Phi) is 7.68. The highest BCUT2D eigenvalue weighted by Crippen LogP contribution is 2.14. The van der Waals surface area contributed by atoms with Gasteiger partial charge in [0.1, 0.15) is 0 Å². The molecule has 2 N–H and O–H groups in total. The normalized spacial score (nSPS) is 10.6. The van der Waals surface area contributed by atoms with Crippen molar-refractivity contribution in [2.75, 3.05) is 11.5 Å². The van der Waals surface area contributed by atoms with E-state index in [1.807, 2.05) is 12.1 Å². The monoisotopic (exact) mass is 383 g/mol.